The van der Waals surface area contributed by atoms with E-state index in [1.165, 1.54) is 6.42 Å². The van der Waals surface area contributed by atoms with Crippen molar-refractivity contribution in [3.63, 3.8) is 0 Å². The van der Waals surface area contributed by atoms with Gasteiger partial charge in [-0.25, -0.2) is 4.79 Å². The molecule has 0 bridgehead atoms. The summed E-state index contributed by atoms with van der Waals surface area (Å²) in [4.78, 5) is 39.0. The standard InChI is InChI=1S/C25H31N3O3/c1-3-4-5-6-12-17-25(2)23(30)28(24(31)27-25)18-22(29)26-21-16-11-10-15-20(21)19-13-8-7-9-14-19/h7-11,13-16H,3-6,12,17-18H2,1-2H3,(H,26,29)(H,27,31). The van der Waals surface area contributed by atoms with Gasteiger partial charge in [-0.05, 0) is 25.0 Å². The molecule has 0 aromatic heterocycles. The predicted molar refractivity (Wildman–Crippen MR) is 123 cm³/mol. The van der Waals surface area contributed by atoms with E-state index in [0.29, 0.717) is 12.1 Å². The zero-order valence-electron chi connectivity index (χ0n) is 18.3. The minimum atomic E-state index is -0.939. The largest absolute Gasteiger partial charge is 0.325 e. The first kappa shape index (κ1) is 22.5. The molecule has 1 saturated heterocycles. The van der Waals surface area contributed by atoms with Gasteiger partial charge in [0, 0.05) is 11.3 Å². The molecule has 1 unspecified atom stereocenters. The van der Waals surface area contributed by atoms with Gasteiger partial charge >= 0.3 is 6.03 Å². The third-order valence-corrected chi connectivity index (χ3v) is 5.71. The number of para-hydroxylation sites is 1. The highest BCUT2D eigenvalue weighted by Gasteiger charge is 2.47. The first-order valence-corrected chi connectivity index (χ1v) is 11.0. The Labute approximate surface area is 184 Å². The van der Waals surface area contributed by atoms with Crippen LogP contribution in [0.25, 0.3) is 11.1 Å². The van der Waals surface area contributed by atoms with Crippen molar-refractivity contribution in [2.24, 2.45) is 0 Å². The fourth-order valence-electron chi connectivity index (χ4n) is 3.94. The Bertz CT molecular complexity index is 929. The van der Waals surface area contributed by atoms with Gasteiger partial charge in [0.25, 0.3) is 5.91 Å². The highest BCUT2D eigenvalue weighted by Crippen LogP contribution is 2.28. The lowest BCUT2D eigenvalue weighted by molar-refractivity contribution is -0.133. The fraction of sp³-hybridized carbons (Fsp3) is 0.400. The van der Waals surface area contributed by atoms with Gasteiger partial charge in [0.1, 0.15) is 12.1 Å². The number of imide groups is 1. The lowest BCUT2D eigenvalue weighted by Gasteiger charge is -2.21. The van der Waals surface area contributed by atoms with Crippen molar-refractivity contribution in [3.05, 3.63) is 54.6 Å². The van der Waals surface area contributed by atoms with Crippen molar-refractivity contribution in [3.8, 4) is 11.1 Å². The van der Waals surface area contributed by atoms with Crippen molar-refractivity contribution in [2.75, 3.05) is 11.9 Å². The van der Waals surface area contributed by atoms with E-state index in [9.17, 15) is 14.4 Å². The van der Waals surface area contributed by atoms with Crippen LogP contribution in [0.5, 0.6) is 0 Å². The summed E-state index contributed by atoms with van der Waals surface area (Å²) >= 11 is 0. The number of carbonyl (C=O) groups is 3. The van der Waals surface area contributed by atoms with Crippen molar-refractivity contribution >= 4 is 23.5 Å². The van der Waals surface area contributed by atoms with Crippen LogP contribution in [0.2, 0.25) is 0 Å². The molecule has 1 aliphatic rings. The topological polar surface area (TPSA) is 78.5 Å². The summed E-state index contributed by atoms with van der Waals surface area (Å²) in [5, 5.41) is 5.64. The van der Waals surface area contributed by atoms with Gasteiger partial charge in [0.2, 0.25) is 5.91 Å². The van der Waals surface area contributed by atoms with Crippen LogP contribution in [-0.2, 0) is 9.59 Å². The summed E-state index contributed by atoms with van der Waals surface area (Å²) in [6.45, 7) is 3.60. The molecule has 1 heterocycles. The molecule has 3 rings (SSSR count). The fourth-order valence-corrected chi connectivity index (χ4v) is 3.94. The Morgan fingerprint density at radius 2 is 1.65 bits per heavy atom. The van der Waals surface area contributed by atoms with Crippen LogP contribution in [0.15, 0.2) is 54.6 Å². The van der Waals surface area contributed by atoms with Gasteiger partial charge in [0.15, 0.2) is 0 Å². The van der Waals surface area contributed by atoms with Crippen LogP contribution in [-0.4, -0.2) is 34.8 Å². The maximum absolute atomic E-state index is 12.9. The van der Waals surface area contributed by atoms with E-state index in [2.05, 4.69) is 17.6 Å². The summed E-state index contributed by atoms with van der Waals surface area (Å²) in [7, 11) is 0. The number of anilines is 1. The van der Waals surface area contributed by atoms with E-state index < -0.39 is 17.5 Å². The van der Waals surface area contributed by atoms with Crippen LogP contribution in [0.4, 0.5) is 10.5 Å². The molecule has 1 atom stereocenters. The molecule has 6 heteroatoms. The Morgan fingerprint density at radius 3 is 2.39 bits per heavy atom. The summed E-state index contributed by atoms with van der Waals surface area (Å²) < 4.78 is 0. The molecule has 0 spiro atoms. The third kappa shape index (κ3) is 5.51. The number of unbranched alkanes of at least 4 members (excludes halogenated alkanes) is 4. The number of hydrogen-bond acceptors (Lipinski definition) is 3. The SMILES string of the molecule is CCCCCCCC1(C)NC(=O)N(CC(=O)Nc2ccccc2-c2ccccc2)C1=O. The Balaban J connectivity index is 1.62. The number of carbonyl (C=O) groups excluding carboxylic acids is 3. The second kappa shape index (κ2) is 10.2. The van der Waals surface area contributed by atoms with Crippen molar-refractivity contribution in [1.82, 2.24) is 10.2 Å². The zero-order chi connectivity index (χ0) is 22.3. The molecule has 2 aromatic rings. The average Bonchev–Trinajstić information content (AvgIpc) is 2.98. The van der Waals surface area contributed by atoms with Gasteiger partial charge in [-0.15, -0.1) is 0 Å². The van der Waals surface area contributed by atoms with Gasteiger partial charge < -0.3 is 10.6 Å². The van der Waals surface area contributed by atoms with Crippen LogP contribution in [0.3, 0.4) is 0 Å². The molecular weight excluding hydrogens is 390 g/mol. The molecule has 164 valence electrons. The highest BCUT2D eigenvalue weighted by molar-refractivity contribution is 6.10. The third-order valence-electron chi connectivity index (χ3n) is 5.71. The van der Waals surface area contributed by atoms with Gasteiger partial charge in [-0.2, -0.15) is 0 Å². The molecule has 31 heavy (non-hydrogen) atoms. The average molecular weight is 422 g/mol. The lowest BCUT2D eigenvalue weighted by atomic mass is 9.94. The molecule has 0 radical (unpaired) electrons. The van der Waals surface area contributed by atoms with E-state index >= 15 is 0 Å². The van der Waals surface area contributed by atoms with Crippen LogP contribution < -0.4 is 10.6 Å². The Hall–Kier alpha value is -3.15. The normalized spacial score (nSPS) is 18.2. The van der Waals surface area contributed by atoms with Crippen LogP contribution >= 0.6 is 0 Å². The minimum Gasteiger partial charge on any atom is -0.324 e. The first-order chi connectivity index (χ1) is 14.9. The van der Waals surface area contributed by atoms with Crippen molar-refractivity contribution in [1.29, 1.82) is 0 Å². The molecule has 6 nitrogen and oxygen atoms in total. The van der Waals surface area contributed by atoms with Crippen LogP contribution in [0.1, 0.15) is 52.4 Å². The molecule has 0 aliphatic carbocycles. The van der Waals surface area contributed by atoms with E-state index in [0.717, 1.165) is 41.7 Å². The summed E-state index contributed by atoms with van der Waals surface area (Å²) in [5.41, 5.74) is 1.56. The molecular formula is C25H31N3O3. The first-order valence-electron chi connectivity index (χ1n) is 11.0. The van der Waals surface area contributed by atoms with E-state index in [4.69, 9.17) is 0 Å². The number of nitrogens with zero attached hydrogens (tertiary/aromatic N) is 1. The monoisotopic (exact) mass is 421 g/mol. The summed E-state index contributed by atoms with van der Waals surface area (Å²) in [6.07, 6.45) is 5.94. The van der Waals surface area contributed by atoms with Crippen molar-refractivity contribution in [2.45, 2.75) is 57.9 Å². The van der Waals surface area contributed by atoms with E-state index in [1.807, 2.05) is 54.6 Å². The Morgan fingerprint density at radius 1 is 0.968 bits per heavy atom. The minimum absolute atomic E-state index is 0.306. The highest BCUT2D eigenvalue weighted by atomic mass is 16.2. The maximum Gasteiger partial charge on any atom is 0.325 e. The number of benzene rings is 2. The second-order valence-corrected chi connectivity index (χ2v) is 8.28. The van der Waals surface area contributed by atoms with Gasteiger partial charge in [-0.3, -0.25) is 14.5 Å². The maximum atomic E-state index is 12.9. The van der Waals surface area contributed by atoms with E-state index in [-0.39, 0.29) is 12.5 Å². The second-order valence-electron chi connectivity index (χ2n) is 8.28. The van der Waals surface area contributed by atoms with Crippen molar-refractivity contribution < 1.29 is 14.4 Å². The van der Waals surface area contributed by atoms with Crippen LogP contribution in [0, 0.1) is 0 Å². The number of amides is 4. The van der Waals surface area contributed by atoms with Gasteiger partial charge in [-0.1, -0.05) is 87.6 Å². The predicted octanol–water partition coefficient (Wildman–Crippen LogP) is 4.96. The number of urea groups is 1. The molecule has 1 aliphatic heterocycles. The molecule has 4 amide bonds. The molecule has 0 saturated carbocycles. The van der Waals surface area contributed by atoms with E-state index in [1.54, 1.807) is 6.92 Å². The number of rotatable bonds is 10. The summed E-state index contributed by atoms with van der Waals surface area (Å²) in [5.74, 6) is -0.737. The number of nitrogens with one attached hydrogen (secondary N) is 2. The molecule has 2 aromatic carbocycles. The summed E-state index contributed by atoms with van der Waals surface area (Å²) in [6, 6.07) is 16.7. The zero-order valence-corrected chi connectivity index (χ0v) is 18.3. The number of hydrogen-bond donors (Lipinski definition) is 2. The smallest absolute Gasteiger partial charge is 0.324 e. The quantitative estimate of drug-likeness (QED) is 0.420. The Kier molecular flexibility index (Phi) is 7.45. The molecule has 1 fully saturated rings. The van der Waals surface area contributed by atoms with Gasteiger partial charge in [0.05, 0.1) is 0 Å². The molecule has 2 N–H and O–H groups in total. The lowest BCUT2D eigenvalue weighted by Crippen LogP contribution is -2.44.